The number of carbonyl (C=O) groups is 2. The topological polar surface area (TPSA) is 196 Å². The van der Waals surface area contributed by atoms with Crippen LogP contribution in [0.2, 0.25) is 0 Å². The van der Waals surface area contributed by atoms with Crippen LogP contribution in [-0.4, -0.2) is 93.5 Å². The maximum absolute atomic E-state index is 10.1. The van der Waals surface area contributed by atoms with Gasteiger partial charge in [0.1, 0.15) is 36.6 Å². The van der Waals surface area contributed by atoms with Crippen molar-refractivity contribution in [3.05, 3.63) is 0 Å². The van der Waals surface area contributed by atoms with Crippen molar-refractivity contribution in [2.45, 2.75) is 47.1 Å². The normalized spacial score (nSPS) is 35.3. The zero-order valence-electron chi connectivity index (χ0n) is 11.0. The van der Waals surface area contributed by atoms with Crippen molar-refractivity contribution in [2.24, 2.45) is 0 Å². The van der Waals surface area contributed by atoms with Crippen LogP contribution in [0, 0.1) is 0 Å². The van der Waals surface area contributed by atoms with E-state index in [9.17, 15) is 9.59 Å². The van der Waals surface area contributed by atoms with Crippen molar-refractivity contribution < 1.29 is 50.4 Å². The standard InChI is InChI=1S/C6H12O6.C4H6O4S2/c7-1-2(8)4(10)6(12)5(11)3(1)9;5-2(6)1-4(9,10)3(7)8/h1-12H;9-10H,1H2,(H,5,6)(H,7,8). The van der Waals surface area contributed by atoms with E-state index in [1.54, 1.807) is 0 Å². The lowest BCUT2D eigenvalue weighted by atomic mass is 9.85. The molecule has 0 radical (unpaired) electrons. The molecule has 0 aromatic carbocycles. The van der Waals surface area contributed by atoms with Crippen LogP contribution in [0.15, 0.2) is 0 Å². The van der Waals surface area contributed by atoms with Gasteiger partial charge in [0.15, 0.2) is 4.08 Å². The molecule has 1 rings (SSSR count). The fourth-order valence-corrected chi connectivity index (χ4v) is 1.77. The number of aliphatic carboxylic acids is 2. The van der Waals surface area contributed by atoms with Gasteiger partial charge in [0.05, 0.1) is 6.42 Å². The molecule has 0 amide bonds. The summed E-state index contributed by atoms with van der Waals surface area (Å²) in [5, 5.41) is 70.3. The summed E-state index contributed by atoms with van der Waals surface area (Å²) in [6.45, 7) is 0. The third-order valence-corrected chi connectivity index (χ3v) is 3.54. The van der Waals surface area contributed by atoms with E-state index < -0.39 is 59.1 Å². The van der Waals surface area contributed by atoms with E-state index >= 15 is 0 Å². The molecule has 0 aromatic rings. The van der Waals surface area contributed by atoms with Crippen LogP contribution in [0.1, 0.15) is 6.42 Å². The van der Waals surface area contributed by atoms with Crippen LogP contribution in [0.4, 0.5) is 0 Å². The van der Waals surface area contributed by atoms with Gasteiger partial charge in [-0.1, -0.05) is 0 Å². The number of carboxylic acid groups (broad SMARTS) is 2. The Balaban J connectivity index is 0.000000409. The van der Waals surface area contributed by atoms with Gasteiger partial charge in [-0.3, -0.25) is 4.79 Å². The van der Waals surface area contributed by atoms with E-state index in [0.29, 0.717) is 0 Å². The van der Waals surface area contributed by atoms with Gasteiger partial charge in [0.2, 0.25) is 0 Å². The molecule has 1 aliphatic rings. The van der Waals surface area contributed by atoms with Gasteiger partial charge >= 0.3 is 11.9 Å². The molecule has 22 heavy (non-hydrogen) atoms. The Bertz CT molecular complexity index is 345. The maximum Gasteiger partial charge on any atom is 0.330 e. The van der Waals surface area contributed by atoms with Crippen molar-refractivity contribution >= 4 is 37.2 Å². The summed E-state index contributed by atoms with van der Waals surface area (Å²) in [6.07, 6.45) is -10.5. The number of aliphatic hydroxyl groups excluding tert-OH is 6. The molecule has 10 nitrogen and oxygen atoms in total. The molecule has 8 N–H and O–H groups in total. The summed E-state index contributed by atoms with van der Waals surface area (Å²) in [5.41, 5.74) is 0. The molecule has 0 atom stereocenters. The third-order valence-electron chi connectivity index (χ3n) is 2.84. The van der Waals surface area contributed by atoms with Crippen molar-refractivity contribution in [2.75, 3.05) is 0 Å². The number of hydrogen-bond acceptors (Lipinski definition) is 10. The van der Waals surface area contributed by atoms with Crippen LogP contribution >= 0.6 is 25.3 Å². The first-order chi connectivity index (χ1) is 9.82. The third kappa shape index (κ3) is 5.55. The minimum atomic E-state index is -1.77. The number of rotatable bonds is 3. The SMILES string of the molecule is O=C(O)CC(S)(S)C(=O)O.OC1C(O)C(O)C(O)C(O)C1O. The molecule has 0 unspecified atom stereocenters. The first-order valence-electron chi connectivity index (χ1n) is 5.81. The number of hydrogen-bond donors (Lipinski definition) is 10. The lowest BCUT2D eigenvalue weighted by Gasteiger charge is -2.39. The number of carboxylic acids is 2. The molecule has 0 saturated heterocycles. The Morgan fingerprint density at radius 1 is 0.727 bits per heavy atom. The van der Waals surface area contributed by atoms with Gasteiger partial charge in [-0.2, -0.15) is 0 Å². The molecule has 0 aromatic heterocycles. The second-order valence-corrected chi connectivity index (χ2v) is 6.52. The smallest absolute Gasteiger partial charge is 0.330 e. The first kappa shape index (κ1) is 21.4. The van der Waals surface area contributed by atoms with Crippen molar-refractivity contribution in [1.29, 1.82) is 0 Å². The summed E-state index contributed by atoms with van der Waals surface area (Å²) in [7, 11) is 0. The second-order valence-electron chi connectivity index (χ2n) is 4.64. The maximum atomic E-state index is 10.1. The van der Waals surface area contributed by atoms with Gasteiger partial charge in [0.25, 0.3) is 0 Å². The summed E-state index contributed by atoms with van der Waals surface area (Å²) < 4.78 is -1.77. The molecule has 0 heterocycles. The highest BCUT2D eigenvalue weighted by atomic mass is 32.2. The first-order valence-corrected chi connectivity index (χ1v) is 6.70. The highest BCUT2D eigenvalue weighted by Crippen LogP contribution is 2.23. The minimum Gasteiger partial charge on any atom is -0.481 e. The Hall–Kier alpha value is -0.600. The average molecular weight is 362 g/mol. The van der Waals surface area contributed by atoms with Crippen LogP contribution in [0.3, 0.4) is 0 Å². The fourth-order valence-electron chi connectivity index (χ4n) is 1.50. The molecule has 130 valence electrons. The second kappa shape index (κ2) is 8.31. The number of aliphatic hydroxyl groups is 6. The Kier molecular flexibility index (Phi) is 8.08. The van der Waals surface area contributed by atoms with Gasteiger partial charge in [-0.15, -0.1) is 25.3 Å². The van der Waals surface area contributed by atoms with E-state index in [4.69, 9.17) is 40.9 Å². The Morgan fingerprint density at radius 2 is 0.955 bits per heavy atom. The molecule has 12 heteroatoms. The van der Waals surface area contributed by atoms with Gasteiger partial charge in [0, 0.05) is 0 Å². The molecule has 0 bridgehead atoms. The van der Waals surface area contributed by atoms with Gasteiger partial charge < -0.3 is 40.9 Å². The Labute approximate surface area is 135 Å². The quantitative estimate of drug-likeness (QED) is 0.176. The largest absolute Gasteiger partial charge is 0.481 e. The minimum absolute atomic E-state index is 0.617. The van der Waals surface area contributed by atoms with E-state index in [1.807, 2.05) is 0 Å². The van der Waals surface area contributed by atoms with Gasteiger partial charge in [-0.25, -0.2) is 4.79 Å². The highest BCUT2D eigenvalue weighted by Gasteiger charge is 2.47. The summed E-state index contributed by atoms with van der Waals surface area (Å²) in [4.78, 5) is 20.1. The summed E-state index contributed by atoms with van der Waals surface area (Å²) >= 11 is 7.01. The fraction of sp³-hybridized carbons (Fsp3) is 0.800. The van der Waals surface area contributed by atoms with Crippen molar-refractivity contribution in [3.8, 4) is 0 Å². The summed E-state index contributed by atoms with van der Waals surface area (Å²) in [5.74, 6) is -2.60. The molecule has 1 saturated carbocycles. The predicted molar refractivity (Wildman–Crippen MR) is 76.6 cm³/mol. The van der Waals surface area contributed by atoms with Crippen molar-refractivity contribution in [1.82, 2.24) is 0 Å². The highest BCUT2D eigenvalue weighted by molar-refractivity contribution is 8.02. The van der Waals surface area contributed by atoms with E-state index in [-0.39, 0.29) is 0 Å². The molecule has 0 spiro atoms. The predicted octanol–water partition coefficient (Wildman–Crippen LogP) is -3.73. The number of thiol groups is 2. The van der Waals surface area contributed by atoms with Crippen molar-refractivity contribution in [3.63, 3.8) is 0 Å². The molecular weight excluding hydrogens is 344 g/mol. The Morgan fingerprint density at radius 3 is 1.05 bits per heavy atom. The van der Waals surface area contributed by atoms with E-state index in [2.05, 4.69) is 25.3 Å². The lowest BCUT2D eigenvalue weighted by Crippen LogP contribution is -2.63. The lowest BCUT2D eigenvalue weighted by molar-refractivity contribution is -0.223. The van der Waals surface area contributed by atoms with Gasteiger partial charge in [-0.05, 0) is 0 Å². The van der Waals surface area contributed by atoms with E-state index in [1.165, 1.54) is 0 Å². The van der Waals surface area contributed by atoms with E-state index in [0.717, 1.165) is 0 Å². The van der Waals surface area contributed by atoms with Crippen LogP contribution in [0.25, 0.3) is 0 Å². The molecule has 0 aliphatic heterocycles. The zero-order valence-corrected chi connectivity index (χ0v) is 12.7. The molecule has 1 aliphatic carbocycles. The monoisotopic (exact) mass is 362 g/mol. The van der Waals surface area contributed by atoms with Crippen LogP contribution < -0.4 is 0 Å². The van der Waals surface area contributed by atoms with Crippen LogP contribution in [-0.2, 0) is 9.59 Å². The van der Waals surface area contributed by atoms with Crippen LogP contribution in [0.5, 0.6) is 0 Å². The zero-order chi connectivity index (χ0) is 17.8. The average Bonchev–Trinajstić information content (AvgIpc) is 2.40. The molecule has 1 fully saturated rings. The molecular formula is C10H18O10S2. The summed E-state index contributed by atoms with van der Waals surface area (Å²) in [6, 6.07) is 0.